The van der Waals surface area contributed by atoms with Gasteiger partial charge in [0.05, 0.1) is 19.1 Å². The second kappa shape index (κ2) is 12.6. The van der Waals surface area contributed by atoms with Crippen LogP contribution in [0.3, 0.4) is 0 Å². The van der Waals surface area contributed by atoms with Gasteiger partial charge in [0.25, 0.3) is 0 Å². The van der Waals surface area contributed by atoms with Gasteiger partial charge in [0.15, 0.2) is 0 Å². The van der Waals surface area contributed by atoms with Crippen LogP contribution in [0, 0.1) is 11.8 Å². The summed E-state index contributed by atoms with van der Waals surface area (Å²) in [5, 5.41) is 0. The molecule has 0 atom stereocenters. The average molecular weight is 397 g/mol. The van der Waals surface area contributed by atoms with Gasteiger partial charge in [-0.3, -0.25) is 4.79 Å². The molecule has 0 bridgehead atoms. The summed E-state index contributed by atoms with van der Waals surface area (Å²) in [6, 6.07) is 0. The highest BCUT2D eigenvalue weighted by Gasteiger charge is 2.48. The zero-order valence-electron chi connectivity index (χ0n) is 17.7. The average Bonchev–Trinajstić information content (AvgIpc) is 2.68. The highest BCUT2D eigenvalue weighted by Crippen LogP contribution is 2.37. The van der Waals surface area contributed by atoms with E-state index in [-0.39, 0.29) is 30.6 Å². The first-order valence-electron chi connectivity index (χ1n) is 10.5. The van der Waals surface area contributed by atoms with Crippen LogP contribution in [0.1, 0.15) is 78.6 Å². The third-order valence-electron chi connectivity index (χ3n) is 5.00. The van der Waals surface area contributed by atoms with Gasteiger partial charge in [-0.2, -0.15) is 0 Å². The molecule has 6 nitrogen and oxygen atoms in total. The first kappa shape index (κ1) is 24.2. The van der Waals surface area contributed by atoms with E-state index >= 15 is 0 Å². The van der Waals surface area contributed by atoms with Gasteiger partial charge in [0.1, 0.15) is 0 Å². The van der Waals surface area contributed by atoms with Crippen molar-refractivity contribution in [2.45, 2.75) is 84.2 Å². The third kappa shape index (κ3) is 8.03. The zero-order valence-corrected chi connectivity index (χ0v) is 17.7. The van der Waals surface area contributed by atoms with Crippen LogP contribution >= 0.6 is 0 Å². The van der Waals surface area contributed by atoms with E-state index in [1.807, 2.05) is 13.8 Å². The first-order chi connectivity index (χ1) is 13.3. The molecule has 28 heavy (non-hydrogen) atoms. The Hall–Kier alpha value is -1.85. The van der Waals surface area contributed by atoms with Crippen LogP contribution in [0.2, 0.25) is 0 Å². The Labute approximate surface area is 169 Å². The molecule has 0 aromatic carbocycles. The predicted octanol–water partition coefficient (Wildman–Crippen LogP) is 4.36. The van der Waals surface area contributed by atoms with Gasteiger partial charge < -0.3 is 14.2 Å². The Kier molecular flexibility index (Phi) is 10.9. The first-order valence-corrected chi connectivity index (χ1v) is 10.5. The SMILES string of the molecule is C=CC(=O)OC1(C(=O)OCCCCCCC)CCC(C(=O)OCC(C)C)CC1. The summed E-state index contributed by atoms with van der Waals surface area (Å²) in [5.74, 6) is -1.43. The van der Waals surface area contributed by atoms with Gasteiger partial charge in [-0.15, -0.1) is 0 Å². The highest BCUT2D eigenvalue weighted by molar-refractivity contribution is 5.88. The quantitative estimate of drug-likeness (QED) is 0.211. The Balaban J connectivity index is 2.61. The van der Waals surface area contributed by atoms with Crippen LogP contribution < -0.4 is 0 Å². The second-order valence-electron chi connectivity index (χ2n) is 7.97. The second-order valence-corrected chi connectivity index (χ2v) is 7.97. The molecule has 0 N–H and O–H groups in total. The maximum absolute atomic E-state index is 12.7. The molecule has 6 heteroatoms. The maximum Gasteiger partial charge on any atom is 0.350 e. The Morgan fingerprint density at radius 1 is 1.07 bits per heavy atom. The number of hydrogen-bond donors (Lipinski definition) is 0. The fourth-order valence-electron chi connectivity index (χ4n) is 3.27. The molecule has 1 rings (SSSR count). The van der Waals surface area contributed by atoms with Crippen LogP contribution in [0.5, 0.6) is 0 Å². The normalized spacial score (nSPS) is 21.8. The number of rotatable bonds is 12. The van der Waals surface area contributed by atoms with E-state index < -0.39 is 17.5 Å². The van der Waals surface area contributed by atoms with Crippen LogP contribution in [-0.4, -0.2) is 36.7 Å². The molecule has 0 unspecified atom stereocenters. The van der Waals surface area contributed by atoms with Crippen molar-refractivity contribution in [3.63, 3.8) is 0 Å². The van der Waals surface area contributed by atoms with Crippen molar-refractivity contribution < 1.29 is 28.6 Å². The van der Waals surface area contributed by atoms with Crippen molar-refractivity contribution in [1.29, 1.82) is 0 Å². The van der Waals surface area contributed by atoms with E-state index in [1.54, 1.807) is 0 Å². The lowest BCUT2D eigenvalue weighted by atomic mass is 9.78. The predicted molar refractivity (Wildman–Crippen MR) is 106 cm³/mol. The Morgan fingerprint density at radius 3 is 2.29 bits per heavy atom. The molecule has 0 radical (unpaired) electrons. The highest BCUT2D eigenvalue weighted by atomic mass is 16.6. The molecule has 0 spiro atoms. The molecule has 1 aliphatic rings. The van der Waals surface area contributed by atoms with E-state index in [1.165, 1.54) is 6.42 Å². The summed E-state index contributed by atoms with van der Waals surface area (Å²) in [6.45, 7) is 10.2. The minimum Gasteiger partial charge on any atom is -0.465 e. The summed E-state index contributed by atoms with van der Waals surface area (Å²) < 4.78 is 16.2. The number of hydrogen-bond acceptors (Lipinski definition) is 6. The minimum atomic E-state index is -1.33. The number of carbonyl (C=O) groups excluding carboxylic acids is 3. The summed E-state index contributed by atoms with van der Waals surface area (Å²) in [7, 11) is 0. The van der Waals surface area contributed by atoms with E-state index in [2.05, 4.69) is 13.5 Å². The van der Waals surface area contributed by atoms with Gasteiger partial charge in [-0.05, 0) is 38.0 Å². The fraction of sp³-hybridized carbons (Fsp3) is 0.773. The van der Waals surface area contributed by atoms with Crippen molar-refractivity contribution in [1.82, 2.24) is 0 Å². The van der Waals surface area contributed by atoms with Crippen LogP contribution in [0.15, 0.2) is 12.7 Å². The van der Waals surface area contributed by atoms with Crippen molar-refractivity contribution in [2.75, 3.05) is 13.2 Å². The van der Waals surface area contributed by atoms with Crippen LogP contribution in [-0.2, 0) is 28.6 Å². The van der Waals surface area contributed by atoms with E-state index in [9.17, 15) is 14.4 Å². The molecule has 1 saturated carbocycles. The summed E-state index contributed by atoms with van der Waals surface area (Å²) in [6.07, 6.45) is 7.63. The fourth-order valence-corrected chi connectivity index (χ4v) is 3.27. The lowest BCUT2D eigenvalue weighted by Gasteiger charge is -2.36. The van der Waals surface area contributed by atoms with E-state index in [4.69, 9.17) is 14.2 Å². The topological polar surface area (TPSA) is 78.9 Å². The zero-order chi connectivity index (χ0) is 21.0. The van der Waals surface area contributed by atoms with Gasteiger partial charge in [-0.1, -0.05) is 53.0 Å². The molecular weight excluding hydrogens is 360 g/mol. The molecule has 0 aromatic heterocycles. The number of ether oxygens (including phenoxy) is 3. The summed E-state index contributed by atoms with van der Waals surface area (Å²) in [4.78, 5) is 36.7. The number of esters is 3. The molecule has 1 aliphatic carbocycles. The number of unbranched alkanes of at least 4 members (excludes halogenated alkanes) is 4. The molecule has 0 aliphatic heterocycles. The smallest absolute Gasteiger partial charge is 0.350 e. The molecule has 0 amide bonds. The minimum absolute atomic E-state index is 0.248. The lowest BCUT2D eigenvalue weighted by Crippen LogP contribution is -2.48. The Morgan fingerprint density at radius 2 is 1.71 bits per heavy atom. The summed E-state index contributed by atoms with van der Waals surface area (Å²) in [5.41, 5.74) is -1.33. The van der Waals surface area contributed by atoms with Gasteiger partial charge >= 0.3 is 17.9 Å². The van der Waals surface area contributed by atoms with Gasteiger partial charge in [0.2, 0.25) is 5.60 Å². The number of carbonyl (C=O) groups is 3. The maximum atomic E-state index is 12.7. The van der Waals surface area contributed by atoms with Crippen molar-refractivity contribution in [3.05, 3.63) is 12.7 Å². The monoisotopic (exact) mass is 396 g/mol. The molecule has 1 fully saturated rings. The van der Waals surface area contributed by atoms with Crippen LogP contribution in [0.25, 0.3) is 0 Å². The lowest BCUT2D eigenvalue weighted by molar-refractivity contribution is -0.186. The van der Waals surface area contributed by atoms with Crippen molar-refractivity contribution in [3.8, 4) is 0 Å². The Bertz CT molecular complexity index is 517. The largest absolute Gasteiger partial charge is 0.465 e. The summed E-state index contributed by atoms with van der Waals surface area (Å²) >= 11 is 0. The van der Waals surface area contributed by atoms with E-state index in [0.29, 0.717) is 26.1 Å². The molecule has 0 heterocycles. The van der Waals surface area contributed by atoms with Gasteiger partial charge in [-0.25, -0.2) is 9.59 Å². The van der Waals surface area contributed by atoms with Crippen molar-refractivity contribution in [2.24, 2.45) is 11.8 Å². The van der Waals surface area contributed by atoms with Crippen LogP contribution in [0.4, 0.5) is 0 Å². The third-order valence-corrected chi connectivity index (χ3v) is 5.00. The standard InChI is InChI=1S/C22H36O6/c1-5-7-8-9-10-15-26-21(25)22(28-19(23)6-2)13-11-18(12-14-22)20(24)27-16-17(3)4/h6,17-18H,2,5,7-16H2,1,3-4H3. The molecule has 0 saturated heterocycles. The van der Waals surface area contributed by atoms with Gasteiger partial charge in [0, 0.05) is 6.08 Å². The van der Waals surface area contributed by atoms with E-state index in [0.717, 1.165) is 31.8 Å². The van der Waals surface area contributed by atoms with Crippen molar-refractivity contribution >= 4 is 17.9 Å². The molecule has 160 valence electrons. The molecular formula is C22H36O6. The molecule has 0 aromatic rings.